The van der Waals surface area contributed by atoms with Crippen molar-refractivity contribution < 1.29 is 9.53 Å². The van der Waals surface area contributed by atoms with E-state index < -0.39 is 5.60 Å². The molecule has 2 heterocycles. The summed E-state index contributed by atoms with van der Waals surface area (Å²) in [4.78, 5) is 13.6. The molecule has 0 spiro atoms. The number of amides is 1. The highest BCUT2D eigenvalue weighted by atomic mass is 35.5. The second-order valence-corrected chi connectivity index (χ2v) is 7.08. The van der Waals surface area contributed by atoms with Crippen LogP contribution in [0.25, 0.3) is 5.57 Å². The lowest BCUT2D eigenvalue weighted by atomic mass is 10.1. The topological polar surface area (TPSA) is 125 Å². The van der Waals surface area contributed by atoms with E-state index >= 15 is 0 Å². The van der Waals surface area contributed by atoms with E-state index in [1.54, 1.807) is 22.0 Å². The van der Waals surface area contributed by atoms with Crippen molar-refractivity contribution in [1.29, 1.82) is 0 Å². The summed E-state index contributed by atoms with van der Waals surface area (Å²) in [5, 5.41) is 4.37. The summed E-state index contributed by atoms with van der Waals surface area (Å²) in [5.74, 6) is 0.0992. The zero-order chi connectivity index (χ0) is 18.1. The van der Waals surface area contributed by atoms with E-state index in [1.807, 2.05) is 20.8 Å². The molecule has 0 atom stereocenters. The molecule has 0 bridgehead atoms. The van der Waals surface area contributed by atoms with Crippen LogP contribution in [-0.2, 0) is 4.74 Å². The van der Waals surface area contributed by atoms with Crippen molar-refractivity contribution in [2.75, 3.05) is 13.1 Å². The van der Waals surface area contributed by atoms with Crippen LogP contribution in [0.15, 0.2) is 29.4 Å². The Morgan fingerprint density at radius 3 is 2.50 bits per heavy atom. The Balaban J connectivity index is 2.02. The van der Waals surface area contributed by atoms with Gasteiger partial charge in [0, 0.05) is 30.4 Å². The zero-order valence-electron chi connectivity index (χ0n) is 14.0. The smallest absolute Gasteiger partial charge is 0.410 e. The first kappa shape index (κ1) is 18.0. The first-order chi connectivity index (χ1) is 11.1. The number of nitrogens with two attached hydrogens (primary N) is 3. The Morgan fingerprint density at radius 2 is 2.00 bits per heavy atom. The maximum Gasteiger partial charge on any atom is 0.410 e. The standard InChI is InChI=1S/C15H23ClN6O2/c1-15(2,3)24-14(23)21-7-10(8-21)22-6-9(5-20-22)11(13(18)19)4-12(16)17/h4-6,10H,7-8,17-19H2,1-3H3/b12-4-. The fourth-order valence-electron chi connectivity index (χ4n) is 2.25. The van der Waals surface area contributed by atoms with Gasteiger partial charge in [-0.1, -0.05) is 11.6 Å². The van der Waals surface area contributed by atoms with Gasteiger partial charge in [0.2, 0.25) is 0 Å². The van der Waals surface area contributed by atoms with Crippen LogP contribution >= 0.6 is 11.6 Å². The van der Waals surface area contributed by atoms with Crippen molar-refractivity contribution in [3.05, 3.63) is 35.0 Å². The number of carbonyl (C=O) groups excluding carboxylic acids is 1. The fourth-order valence-corrected chi connectivity index (χ4v) is 2.36. The molecule has 2 rings (SSSR count). The first-order valence-electron chi connectivity index (χ1n) is 7.47. The molecule has 1 aromatic heterocycles. The van der Waals surface area contributed by atoms with Crippen LogP contribution in [0.2, 0.25) is 0 Å². The van der Waals surface area contributed by atoms with Gasteiger partial charge in [0.05, 0.1) is 17.4 Å². The van der Waals surface area contributed by atoms with Crippen LogP contribution in [-0.4, -0.2) is 39.5 Å². The molecule has 132 valence electrons. The lowest BCUT2D eigenvalue weighted by Crippen LogP contribution is -2.52. The molecular weight excluding hydrogens is 332 g/mol. The largest absolute Gasteiger partial charge is 0.444 e. The Bertz CT molecular complexity index is 674. The summed E-state index contributed by atoms with van der Waals surface area (Å²) >= 11 is 5.69. The van der Waals surface area contributed by atoms with Gasteiger partial charge >= 0.3 is 6.09 Å². The Labute approximate surface area is 145 Å². The SMILES string of the molecule is CC(C)(C)OC(=O)N1CC(n2cc(C(/C=C(\N)Cl)=C(N)N)cn2)C1. The summed E-state index contributed by atoms with van der Waals surface area (Å²) in [7, 11) is 0. The van der Waals surface area contributed by atoms with E-state index in [0.29, 0.717) is 24.2 Å². The molecule has 0 saturated carbocycles. The maximum absolute atomic E-state index is 11.9. The quantitative estimate of drug-likeness (QED) is 0.555. The van der Waals surface area contributed by atoms with Crippen molar-refractivity contribution in [2.24, 2.45) is 17.2 Å². The molecule has 9 heteroatoms. The molecule has 1 aromatic rings. The van der Waals surface area contributed by atoms with Crippen molar-refractivity contribution in [3.8, 4) is 0 Å². The molecule has 0 aliphatic carbocycles. The summed E-state index contributed by atoms with van der Waals surface area (Å²) in [6.07, 6.45) is 4.58. The minimum absolute atomic E-state index is 0.0730. The second-order valence-electron chi connectivity index (χ2n) is 6.65. The van der Waals surface area contributed by atoms with E-state index in [1.165, 1.54) is 6.08 Å². The molecular formula is C15H23ClN6O2. The predicted molar refractivity (Wildman–Crippen MR) is 92.5 cm³/mol. The number of allylic oxidation sites excluding steroid dienone is 2. The number of hydrogen-bond acceptors (Lipinski definition) is 6. The molecule has 24 heavy (non-hydrogen) atoms. The van der Waals surface area contributed by atoms with E-state index in [4.69, 9.17) is 33.5 Å². The van der Waals surface area contributed by atoms with Crippen LogP contribution in [0.1, 0.15) is 32.4 Å². The van der Waals surface area contributed by atoms with Gasteiger partial charge in [-0.15, -0.1) is 0 Å². The van der Waals surface area contributed by atoms with Gasteiger partial charge < -0.3 is 26.8 Å². The highest BCUT2D eigenvalue weighted by Crippen LogP contribution is 2.25. The van der Waals surface area contributed by atoms with Crippen molar-refractivity contribution in [3.63, 3.8) is 0 Å². The fraction of sp³-hybridized carbons (Fsp3) is 0.467. The van der Waals surface area contributed by atoms with Crippen LogP contribution in [0.5, 0.6) is 0 Å². The minimum atomic E-state index is -0.507. The summed E-state index contributed by atoms with van der Waals surface area (Å²) in [5.41, 5.74) is 17.5. The van der Waals surface area contributed by atoms with Gasteiger partial charge in [-0.05, 0) is 26.8 Å². The van der Waals surface area contributed by atoms with Gasteiger partial charge in [0.1, 0.15) is 11.4 Å². The molecule has 0 aromatic carbocycles. The van der Waals surface area contributed by atoms with Crippen molar-refractivity contribution in [2.45, 2.75) is 32.4 Å². The third-order valence-electron chi connectivity index (χ3n) is 3.39. The van der Waals surface area contributed by atoms with Gasteiger partial charge in [-0.2, -0.15) is 5.10 Å². The lowest BCUT2D eigenvalue weighted by Gasteiger charge is -2.39. The van der Waals surface area contributed by atoms with Crippen LogP contribution < -0.4 is 17.2 Å². The third-order valence-corrected chi connectivity index (χ3v) is 3.50. The highest BCUT2D eigenvalue weighted by Gasteiger charge is 2.35. The minimum Gasteiger partial charge on any atom is -0.444 e. The van der Waals surface area contributed by atoms with Crippen LogP contribution in [0, 0.1) is 0 Å². The molecule has 1 fully saturated rings. The molecule has 8 nitrogen and oxygen atoms in total. The molecule has 0 radical (unpaired) electrons. The van der Waals surface area contributed by atoms with Crippen molar-refractivity contribution >= 4 is 23.3 Å². The number of nitrogens with zero attached hydrogens (tertiary/aromatic N) is 3. The van der Waals surface area contributed by atoms with Crippen LogP contribution in [0.4, 0.5) is 4.79 Å². The Morgan fingerprint density at radius 1 is 1.38 bits per heavy atom. The molecule has 1 amide bonds. The number of carbonyl (C=O) groups is 1. The van der Waals surface area contributed by atoms with Crippen molar-refractivity contribution in [1.82, 2.24) is 14.7 Å². The molecule has 1 saturated heterocycles. The zero-order valence-corrected chi connectivity index (χ0v) is 14.7. The first-order valence-corrected chi connectivity index (χ1v) is 7.85. The average molecular weight is 355 g/mol. The van der Waals surface area contributed by atoms with Gasteiger partial charge in [0.15, 0.2) is 0 Å². The Kier molecular flexibility index (Phi) is 4.98. The predicted octanol–water partition coefficient (Wildman–Crippen LogP) is 1.30. The number of aromatic nitrogens is 2. The van der Waals surface area contributed by atoms with Gasteiger partial charge in [-0.3, -0.25) is 4.68 Å². The van der Waals surface area contributed by atoms with E-state index in [-0.39, 0.29) is 23.1 Å². The number of likely N-dealkylation sites (tertiary alicyclic amines) is 1. The summed E-state index contributed by atoms with van der Waals surface area (Å²) < 4.78 is 7.09. The van der Waals surface area contributed by atoms with E-state index in [2.05, 4.69) is 5.10 Å². The number of ether oxygens (including phenoxy) is 1. The highest BCUT2D eigenvalue weighted by molar-refractivity contribution is 6.29. The second kappa shape index (κ2) is 6.64. The third kappa shape index (κ3) is 4.35. The number of rotatable bonds is 3. The number of halogens is 1. The van der Waals surface area contributed by atoms with E-state index in [9.17, 15) is 4.79 Å². The number of hydrogen-bond donors (Lipinski definition) is 3. The van der Waals surface area contributed by atoms with Crippen LogP contribution in [0.3, 0.4) is 0 Å². The molecule has 6 N–H and O–H groups in total. The normalized spacial score (nSPS) is 15.8. The monoisotopic (exact) mass is 354 g/mol. The lowest BCUT2D eigenvalue weighted by molar-refractivity contribution is -0.000389. The molecule has 0 unspecified atom stereocenters. The van der Waals surface area contributed by atoms with Gasteiger partial charge in [-0.25, -0.2) is 4.79 Å². The maximum atomic E-state index is 11.9. The average Bonchev–Trinajstić information content (AvgIpc) is 2.80. The van der Waals surface area contributed by atoms with E-state index in [0.717, 1.165) is 0 Å². The molecule has 1 aliphatic rings. The Hall–Kier alpha value is -2.35. The molecule has 1 aliphatic heterocycles. The summed E-state index contributed by atoms with van der Waals surface area (Å²) in [6.45, 7) is 6.57. The van der Waals surface area contributed by atoms with Gasteiger partial charge in [0.25, 0.3) is 0 Å². The summed E-state index contributed by atoms with van der Waals surface area (Å²) in [6, 6.07) is 0.0730.